The number of carbonyl (C=O) groups is 1. The van der Waals surface area contributed by atoms with Crippen LogP contribution >= 0.6 is 0 Å². The van der Waals surface area contributed by atoms with Crippen molar-refractivity contribution in [3.63, 3.8) is 0 Å². The highest BCUT2D eigenvalue weighted by atomic mass is 16.2. The molecule has 5 heteroatoms. The van der Waals surface area contributed by atoms with E-state index < -0.39 is 0 Å². The van der Waals surface area contributed by atoms with E-state index in [0.29, 0.717) is 5.69 Å². The summed E-state index contributed by atoms with van der Waals surface area (Å²) in [6, 6.07) is 26.4. The van der Waals surface area contributed by atoms with E-state index >= 15 is 0 Å². The number of urea groups is 1. The Balaban J connectivity index is 1.32. The predicted octanol–water partition coefficient (Wildman–Crippen LogP) is 6.20. The first-order valence-electron chi connectivity index (χ1n) is 12.6. The lowest BCUT2D eigenvalue weighted by molar-refractivity contribution is 0.176. The van der Waals surface area contributed by atoms with Gasteiger partial charge in [0.15, 0.2) is 0 Å². The maximum absolute atomic E-state index is 12.9. The second kappa shape index (κ2) is 12.3. The predicted molar refractivity (Wildman–Crippen MR) is 144 cm³/mol. The first-order valence-corrected chi connectivity index (χ1v) is 12.6. The Morgan fingerprint density at radius 3 is 2.40 bits per heavy atom. The number of likely N-dealkylation sites (tertiary alicyclic amines) is 1. The molecule has 1 saturated heterocycles. The second-order valence-electron chi connectivity index (χ2n) is 9.60. The van der Waals surface area contributed by atoms with Gasteiger partial charge in [-0.25, -0.2) is 4.79 Å². The first kappa shape index (κ1) is 24.7. The van der Waals surface area contributed by atoms with Gasteiger partial charge in [-0.2, -0.15) is 0 Å². The lowest BCUT2D eigenvalue weighted by Crippen LogP contribution is -2.38. The zero-order valence-electron chi connectivity index (χ0n) is 20.5. The van der Waals surface area contributed by atoms with Crippen LogP contribution in [-0.4, -0.2) is 36.8 Å². The highest BCUT2D eigenvalue weighted by Gasteiger charge is 2.21. The van der Waals surface area contributed by atoms with Crippen LogP contribution in [0.1, 0.15) is 47.6 Å². The number of nitrogens with zero attached hydrogens (tertiary/aromatic N) is 1. The molecular weight excluding hydrogens is 432 g/mol. The Morgan fingerprint density at radius 1 is 1.03 bits per heavy atom. The van der Waals surface area contributed by atoms with E-state index in [9.17, 15) is 4.79 Å². The maximum atomic E-state index is 12.9. The molecule has 1 aliphatic rings. The fourth-order valence-electron chi connectivity index (χ4n) is 4.97. The minimum Gasteiger partial charge on any atom is -0.331 e. The fraction of sp³-hybridized carbons (Fsp3) is 0.333. The Hall–Kier alpha value is -3.44. The van der Waals surface area contributed by atoms with Crippen molar-refractivity contribution in [2.24, 2.45) is 5.92 Å². The number of hydrogen-bond acceptors (Lipinski definition) is 3. The average Bonchev–Trinajstić information content (AvgIpc) is 2.88. The quantitative estimate of drug-likeness (QED) is 0.327. The van der Waals surface area contributed by atoms with E-state index in [0.717, 1.165) is 48.7 Å². The molecular formula is C30H36N4O. The number of anilines is 1. The molecule has 2 amide bonds. The van der Waals surface area contributed by atoms with Crippen LogP contribution in [0, 0.1) is 18.3 Å². The molecule has 182 valence electrons. The molecule has 1 heterocycles. The molecule has 1 fully saturated rings. The van der Waals surface area contributed by atoms with E-state index in [4.69, 9.17) is 5.41 Å². The molecule has 3 aromatic carbocycles. The van der Waals surface area contributed by atoms with Gasteiger partial charge in [0.25, 0.3) is 0 Å². The van der Waals surface area contributed by atoms with Crippen molar-refractivity contribution in [2.45, 2.75) is 38.6 Å². The number of rotatable bonds is 9. The number of piperidine rings is 1. The van der Waals surface area contributed by atoms with Crippen LogP contribution in [0.4, 0.5) is 10.5 Å². The highest BCUT2D eigenvalue weighted by molar-refractivity contribution is 5.91. The molecule has 0 spiro atoms. The molecule has 5 nitrogen and oxygen atoms in total. The minimum absolute atomic E-state index is 0.0646. The van der Waals surface area contributed by atoms with Crippen molar-refractivity contribution in [2.75, 3.05) is 25.0 Å². The normalized spacial score (nSPS) is 15.3. The second-order valence-corrected chi connectivity index (χ2v) is 9.60. The summed E-state index contributed by atoms with van der Waals surface area (Å²) in [5.41, 5.74) is 5.04. The van der Waals surface area contributed by atoms with Crippen LogP contribution in [0.15, 0.2) is 78.9 Å². The molecule has 0 radical (unpaired) electrons. The molecule has 1 unspecified atom stereocenters. The molecule has 0 aliphatic carbocycles. The third kappa shape index (κ3) is 7.52. The van der Waals surface area contributed by atoms with Gasteiger partial charge in [0.2, 0.25) is 0 Å². The topological polar surface area (TPSA) is 68.2 Å². The minimum atomic E-state index is -0.220. The zero-order chi connectivity index (χ0) is 24.5. The third-order valence-electron chi connectivity index (χ3n) is 6.84. The van der Waals surface area contributed by atoms with E-state index in [1.54, 1.807) is 0 Å². The lowest BCUT2D eigenvalue weighted by atomic mass is 9.90. The van der Waals surface area contributed by atoms with Crippen molar-refractivity contribution in [1.82, 2.24) is 10.2 Å². The van der Waals surface area contributed by atoms with E-state index in [1.807, 2.05) is 43.3 Å². The first-order chi connectivity index (χ1) is 17.1. The molecule has 0 aromatic heterocycles. The number of amides is 2. The molecule has 1 aliphatic heterocycles. The van der Waals surface area contributed by atoms with Crippen LogP contribution in [0.25, 0.3) is 0 Å². The molecule has 4 rings (SSSR count). The Kier molecular flexibility index (Phi) is 8.68. The summed E-state index contributed by atoms with van der Waals surface area (Å²) >= 11 is 0. The van der Waals surface area contributed by atoms with Gasteiger partial charge in [0.05, 0.1) is 6.04 Å². The van der Waals surface area contributed by atoms with Crippen molar-refractivity contribution < 1.29 is 4.79 Å². The zero-order valence-corrected chi connectivity index (χ0v) is 20.5. The number of hydrogen-bond donors (Lipinski definition) is 3. The summed E-state index contributed by atoms with van der Waals surface area (Å²) in [6.45, 7) is 5.15. The van der Waals surface area contributed by atoms with Crippen molar-refractivity contribution in [3.05, 3.63) is 101 Å². The molecule has 3 aromatic rings. The summed E-state index contributed by atoms with van der Waals surface area (Å²) in [6.07, 6.45) is 5.77. The number of carbonyl (C=O) groups excluding carboxylic acids is 1. The molecule has 0 saturated carbocycles. The fourth-order valence-corrected chi connectivity index (χ4v) is 4.97. The van der Waals surface area contributed by atoms with Crippen LogP contribution in [0.2, 0.25) is 0 Å². The maximum Gasteiger partial charge on any atom is 0.319 e. The van der Waals surface area contributed by atoms with Gasteiger partial charge in [-0.15, -0.1) is 0 Å². The van der Waals surface area contributed by atoms with Gasteiger partial charge in [0.1, 0.15) is 0 Å². The van der Waals surface area contributed by atoms with Gasteiger partial charge in [-0.1, -0.05) is 66.7 Å². The van der Waals surface area contributed by atoms with Crippen LogP contribution in [0.3, 0.4) is 0 Å². The van der Waals surface area contributed by atoms with Gasteiger partial charge < -0.3 is 20.9 Å². The smallest absolute Gasteiger partial charge is 0.319 e. The summed E-state index contributed by atoms with van der Waals surface area (Å²) in [7, 11) is 0. The SMILES string of the molecule is Cc1cc(C=N)cc(NC(=O)NC(CCN2CCC(Cc3ccccc3)CC2)c2ccccc2)c1. The highest BCUT2D eigenvalue weighted by Crippen LogP contribution is 2.24. The lowest BCUT2D eigenvalue weighted by Gasteiger charge is -2.33. The molecule has 35 heavy (non-hydrogen) atoms. The number of benzene rings is 3. The molecule has 3 N–H and O–H groups in total. The number of aryl methyl sites for hydroxylation is 1. The van der Waals surface area contributed by atoms with Crippen LogP contribution in [-0.2, 0) is 6.42 Å². The van der Waals surface area contributed by atoms with Gasteiger partial charge in [-0.05, 0) is 86.0 Å². The van der Waals surface area contributed by atoms with Crippen molar-refractivity contribution >= 4 is 17.9 Å². The third-order valence-corrected chi connectivity index (χ3v) is 6.84. The van der Waals surface area contributed by atoms with Crippen molar-refractivity contribution in [3.8, 4) is 0 Å². The van der Waals surface area contributed by atoms with Crippen LogP contribution < -0.4 is 10.6 Å². The van der Waals surface area contributed by atoms with Crippen molar-refractivity contribution in [1.29, 1.82) is 5.41 Å². The van der Waals surface area contributed by atoms with E-state index in [-0.39, 0.29) is 12.1 Å². The van der Waals surface area contributed by atoms with Crippen LogP contribution in [0.5, 0.6) is 0 Å². The Morgan fingerprint density at radius 2 is 1.71 bits per heavy atom. The molecule has 1 atom stereocenters. The standard InChI is InChI=1S/C30H36N4O/c1-23-18-26(22-31)21-28(19-23)32-30(35)33-29(27-10-6-3-7-11-27)14-17-34-15-12-25(13-16-34)20-24-8-4-2-5-9-24/h2-11,18-19,21-22,25,29,31H,12-17,20H2,1H3,(H2,32,33,35). The van der Waals surface area contributed by atoms with Gasteiger partial charge >= 0.3 is 6.03 Å². The monoisotopic (exact) mass is 468 g/mol. The summed E-state index contributed by atoms with van der Waals surface area (Å²) in [5.74, 6) is 0.752. The average molecular weight is 469 g/mol. The Bertz CT molecular complexity index is 1090. The summed E-state index contributed by atoms with van der Waals surface area (Å²) in [4.78, 5) is 15.4. The van der Waals surface area contributed by atoms with Gasteiger partial charge in [-0.3, -0.25) is 0 Å². The van der Waals surface area contributed by atoms with E-state index in [1.165, 1.54) is 31.0 Å². The Labute approximate surface area is 209 Å². The van der Waals surface area contributed by atoms with E-state index in [2.05, 4.69) is 58.0 Å². The number of nitrogens with one attached hydrogen (secondary N) is 3. The summed E-state index contributed by atoms with van der Waals surface area (Å²) in [5, 5.41) is 13.7. The largest absolute Gasteiger partial charge is 0.331 e. The summed E-state index contributed by atoms with van der Waals surface area (Å²) < 4.78 is 0. The van der Waals surface area contributed by atoms with Gasteiger partial charge in [0, 0.05) is 18.4 Å². The molecule has 0 bridgehead atoms.